The summed E-state index contributed by atoms with van der Waals surface area (Å²) in [5.41, 5.74) is 8.70. The lowest BCUT2D eigenvalue weighted by molar-refractivity contribution is 0.599. The van der Waals surface area contributed by atoms with Crippen LogP contribution in [0.1, 0.15) is 11.1 Å². The number of benzene rings is 2. The zero-order valence-corrected chi connectivity index (χ0v) is 11.4. The number of hydrazine groups is 1. The topological polar surface area (TPSA) is 24.1 Å². The highest BCUT2D eigenvalue weighted by Crippen LogP contribution is 2.13. The quantitative estimate of drug-likeness (QED) is 0.648. The second kappa shape index (κ2) is 6.52. The molecular formula is C14H14BrFN2. The number of halogens is 2. The number of para-hydroxylation sites is 1. The summed E-state index contributed by atoms with van der Waals surface area (Å²) in [6, 6.07) is 14.8. The van der Waals surface area contributed by atoms with E-state index in [-0.39, 0.29) is 5.82 Å². The molecule has 0 unspecified atom stereocenters. The van der Waals surface area contributed by atoms with Gasteiger partial charge in [0.2, 0.25) is 0 Å². The molecule has 0 fully saturated rings. The van der Waals surface area contributed by atoms with E-state index in [0.717, 1.165) is 16.6 Å². The van der Waals surface area contributed by atoms with E-state index in [1.54, 1.807) is 6.07 Å². The Kier molecular flexibility index (Phi) is 4.73. The standard InChI is InChI=1S/C14H14BrFN2/c15-9-11-6-7-14(16)12(8-11)10-17-18-13-4-2-1-3-5-13/h1-8,17-18H,9-10H2. The van der Waals surface area contributed by atoms with Crippen LogP contribution in [-0.4, -0.2) is 0 Å². The third-order valence-electron chi connectivity index (χ3n) is 2.55. The van der Waals surface area contributed by atoms with E-state index in [9.17, 15) is 4.39 Å². The molecule has 2 nitrogen and oxygen atoms in total. The molecule has 2 rings (SSSR count). The van der Waals surface area contributed by atoms with Gasteiger partial charge in [0.25, 0.3) is 0 Å². The van der Waals surface area contributed by atoms with E-state index in [1.165, 1.54) is 6.07 Å². The van der Waals surface area contributed by atoms with Gasteiger partial charge in [-0.3, -0.25) is 0 Å². The van der Waals surface area contributed by atoms with Crippen molar-refractivity contribution in [1.82, 2.24) is 5.43 Å². The third kappa shape index (κ3) is 3.55. The van der Waals surface area contributed by atoms with Gasteiger partial charge in [-0.2, -0.15) is 0 Å². The van der Waals surface area contributed by atoms with Crippen LogP contribution in [0.2, 0.25) is 0 Å². The fourth-order valence-electron chi connectivity index (χ4n) is 1.61. The van der Waals surface area contributed by atoms with Gasteiger partial charge in [-0.25, -0.2) is 9.82 Å². The molecule has 0 aromatic heterocycles. The van der Waals surface area contributed by atoms with Gasteiger partial charge in [0.1, 0.15) is 5.82 Å². The molecule has 4 heteroatoms. The molecular weight excluding hydrogens is 295 g/mol. The molecule has 0 atom stereocenters. The highest BCUT2D eigenvalue weighted by molar-refractivity contribution is 9.08. The summed E-state index contributed by atoms with van der Waals surface area (Å²) in [4.78, 5) is 0. The van der Waals surface area contributed by atoms with Crippen molar-refractivity contribution in [1.29, 1.82) is 0 Å². The van der Waals surface area contributed by atoms with Crippen molar-refractivity contribution in [2.45, 2.75) is 11.9 Å². The summed E-state index contributed by atoms with van der Waals surface area (Å²) in [5, 5.41) is 0.729. The van der Waals surface area contributed by atoms with Gasteiger partial charge in [-0.05, 0) is 23.8 Å². The number of anilines is 1. The molecule has 0 saturated carbocycles. The lowest BCUT2D eigenvalue weighted by atomic mass is 10.1. The molecule has 0 heterocycles. The summed E-state index contributed by atoms with van der Waals surface area (Å²) < 4.78 is 13.5. The Morgan fingerprint density at radius 3 is 2.56 bits per heavy atom. The van der Waals surface area contributed by atoms with Crippen LogP contribution >= 0.6 is 15.9 Å². The summed E-state index contributed by atoms with van der Waals surface area (Å²) in [6.07, 6.45) is 0. The Labute approximate surface area is 114 Å². The second-order valence-corrected chi connectivity index (χ2v) is 4.46. The van der Waals surface area contributed by atoms with Crippen molar-refractivity contribution in [3.63, 3.8) is 0 Å². The first-order valence-electron chi connectivity index (χ1n) is 5.67. The van der Waals surface area contributed by atoms with E-state index in [2.05, 4.69) is 26.8 Å². The van der Waals surface area contributed by atoms with Crippen molar-refractivity contribution < 1.29 is 4.39 Å². The molecule has 0 amide bonds. The number of rotatable bonds is 5. The highest BCUT2D eigenvalue weighted by atomic mass is 79.9. The lowest BCUT2D eigenvalue weighted by Gasteiger charge is -2.09. The Morgan fingerprint density at radius 2 is 1.83 bits per heavy atom. The van der Waals surface area contributed by atoms with Crippen LogP contribution in [0.3, 0.4) is 0 Å². The second-order valence-electron chi connectivity index (χ2n) is 3.90. The number of hydrogen-bond donors (Lipinski definition) is 2. The smallest absolute Gasteiger partial charge is 0.127 e. The van der Waals surface area contributed by atoms with Crippen molar-refractivity contribution in [2.24, 2.45) is 0 Å². The van der Waals surface area contributed by atoms with Gasteiger partial charge < -0.3 is 5.43 Å². The minimum absolute atomic E-state index is 0.193. The monoisotopic (exact) mass is 308 g/mol. The van der Waals surface area contributed by atoms with E-state index < -0.39 is 0 Å². The molecule has 2 N–H and O–H groups in total. The molecule has 0 aliphatic heterocycles. The van der Waals surface area contributed by atoms with Crippen molar-refractivity contribution in [3.05, 3.63) is 65.5 Å². The SMILES string of the molecule is Fc1ccc(CBr)cc1CNNc1ccccc1. The Balaban J connectivity index is 1.94. The average Bonchev–Trinajstić information content (AvgIpc) is 2.42. The molecule has 0 bridgehead atoms. The molecule has 0 aliphatic rings. The number of alkyl halides is 1. The summed E-state index contributed by atoms with van der Waals surface area (Å²) in [5.74, 6) is -0.193. The fourth-order valence-corrected chi connectivity index (χ4v) is 1.96. The van der Waals surface area contributed by atoms with Gasteiger partial charge >= 0.3 is 0 Å². The zero-order valence-electron chi connectivity index (χ0n) is 9.79. The first-order chi connectivity index (χ1) is 8.79. The minimum atomic E-state index is -0.193. The van der Waals surface area contributed by atoms with Gasteiger partial charge in [0.15, 0.2) is 0 Å². The van der Waals surface area contributed by atoms with Crippen LogP contribution in [0.5, 0.6) is 0 Å². The summed E-state index contributed by atoms with van der Waals surface area (Å²) in [7, 11) is 0. The van der Waals surface area contributed by atoms with Crippen molar-refractivity contribution in [2.75, 3.05) is 5.43 Å². The first kappa shape index (κ1) is 13.1. The molecule has 18 heavy (non-hydrogen) atoms. The van der Waals surface area contributed by atoms with Gasteiger partial charge in [0, 0.05) is 23.1 Å². The predicted molar refractivity (Wildman–Crippen MR) is 75.9 cm³/mol. The van der Waals surface area contributed by atoms with Crippen molar-refractivity contribution >= 4 is 21.6 Å². The molecule has 2 aromatic rings. The van der Waals surface area contributed by atoms with Crippen LogP contribution < -0.4 is 10.9 Å². The zero-order chi connectivity index (χ0) is 12.8. The summed E-state index contributed by atoms with van der Waals surface area (Å²) in [6.45, 7) is 0.432. The maximum Gasteiger partial charge on any atom is 0.127 e. The van der Waals surface area contributed by atoms with Gasteiger partial charge in [-0.1, -0.05) is 46.3 Å². The van der Waals surface area contributed by atoms with E-state index in [4.69, 9.17) is 0 Å². The number of nitrogens with one attached hydrogen (secondary N) is 2. The number of hydrogen-bond acceptors (Lipinski definition) is 2. The molecule has 0 spiro atoms. The largest absolute Gasteiger partial charge is 0.321 e. The Hall–Kier alpha value is -1.39. The van der Waals surface area contributed by atoms with Crippen molar-refractivity contribution in [3.8, 4) is 0 Å². The lowest BCUT2D eigenvalue weighted by Crippen LogP contribution is -2.21. The molecule has 0 saturated heterocycles. The molecule has 0 radical (unpaired) electrons. The fraction of sp³-hybridized carbons (Fsp3) is 0.143. The maximum atomic E-state index is 13.5. The Bertz CT molecular complexity index is 502. The van der Waals surface area contributed by atoms with Crippen LogP contribution in [0.4, 0.5) is 10.1 Å². The van der Waals surface area contributed by atoms with Crippen LogP contribution in [0, 0.1) is 5.82 Å². The normalized spacial score (nSPS) is 10.3. The molecule has 94 valence electrons. The average molecular weight is 309 g/mol. The van der Waals surface area contributed by atoms with E-state index >= 15 is 0 Å². The van der Waals surface area contributed by atoms with Gasteiger partial charge in [0.05, 0.1) is 0 Å². The van der Waals surface area contributed by atoms with E-state index in [0.29, 0.717) is 12.1 Å². The first-order valence-corrected chi connectivity index (χ1v) is 6.79. The predicted octanol–water partition coefficient (Wildman–Crippen LogP) is 3.84. The Morgan fingerprint density at radius 1 is 1.06 bits per heavy atom. The minimum Gasteiger partial charge on any atom is -0.321 e. The highest BCUT2D eigenvalue weighted by Gasteiger charge is 2.02. The van der Waals surface area contributed by atoms with E-state index in [1.807, 2.05) is 36.4 Å². The third-order valence-corrected chi connectivity index (χ3v) is 3.20. The van der Waals surface area contributed by atoms with Crippen LogP contribution in [-0.2, 0) is 11.9 Å². The molecule has 2 aromatic carbocycles. The maximum absolute atomic E-state index is 13.5. The van der Waals surface area contributed by atoms with Gasteiger partial charge in [-0.15, -0.1) is 0 Å². The van der Waals surface area contributed by atoms with Crippen LogP contribution in [0.25, 0.3) is 0 Å². The molecule has 0 aliphatic carbocycles. The van der Waals surface area contributed by atoms with Crippen LogP contribution in [0.15, 0.2) is 48.5 Å². The summed E-state index contributed by atoms with van der Waals surface area (Å²) >= 11 is 3.36.